The Morgan fingerprint density at radius 2 is 0.327 bits per heavy atom. The summed E-state index contributed by atoms with van der Waals surface area (Å²) in [4.78, 5) is 0. The van der Waals surface area contributed by atoms with Crippen molar-refractivity contribution in [1.82, 2.24) is 0 Å². The first-order chi connectivity index (χ1) is 51.8. The van der Waals surface area contributed by atoms with Gasteiger partial charge in [-0.05, 0) is 584 Å². The number of hydrogen-bond donors (Lipinski definition) is 0. The maximum absolute atomic E-state index is 2.06. The van der Waals surface area contributed by atoms with Gasteiger partial charge in [-0.15, -0.1) is 0 Å². The average molecular weight is 1290 g/mol. The minimum atomic E-state index is 1.07. The van der Waals surface area contributed by atoms with Gasteiger partial charge in [0.05, 0.1) is 0 Å². The van der Waals surface area contributed by atoms with Crippen molar-refractivity contribution < 1.29 is 0 Å². The molecular formula is C104H42. The van der Waals surface area contributed by atoms with Crippen LogP contribution in [0.15, 0.2) is 0 Å². The van der Waals surface area contributed by atoms with Gasteiger partial charge in [-0.3, -0.25) is 0 Å². The first-order valence-corrected chi connectivity index (χ1v) is 51.8. The molecule has 100 unspecified atom stereocenters. The Kier molecular flexibility index (Phi) is 1.29. The Balaban J connectivity index is 0.622. The van der Waals surface area contributed by atoms with Crippen molar-refractivity contribution in [3.05, 3.63) is 130 Å². The van der Waals surface area contributed by atoms with E-state index in [0.717, 1.165) is 195 Å². The van der Waals surface area contributed by atoms with Crippen molar-refractivity contribution >= 4 is 0 Å². The summed E-state index contributed by atoms with van der Waals surface area (Å²) >= 11 is 0. The van der Waals surface area contributed by atoms with Crippen LogP contribution in [0.5, 0.6) is 0 Å². The Hall–Kier alpha value is 0. The first-order valence-electron chi connectivity index (χ1n) is 51.8. The maximum atomic E-state index is 2.06. The summed E-state index contributed by atoms with van der Waals surface area (Å²) < 4.78 is 0. The fraction of sp³-hybridized carbons (Fsp3) is 1.00. The molecule has 0 N–H and O–H groups in total. The summed E-state index contributed by atoms with van der Waals surface area (Å²) in [6.45, 7) is 0. The van der Waals surface area contributed by atoms with Gasteiger partial charge in [-0.25, -0.2) is 0 Å². The van der Waals surface area contributed by atoms with Gasteiger partial charge < -0.3 is 0 Å². The maximum Gasteiger partial charge on any atom is -0.000000403 e. The van der Waals surface area contributed by atoms with Gasteiger partial charge in [-0.1, -0.05) is 0 Å². The molecule has 0 heteroatoms. The van der Waals surface area contributed by atoms with E-state index in [1.165, 1.54) is 364 Å². The van der Waals surface area contributed by atoms with Crippen molar-refractivity contribution in [2.75, 3.05) is 0 Å². The number of hydrogen-bond acceptors (Lipinski definition) is 0. The second kappa shape index (κ2) is 4.25. The lowest BCUT2D eigenvalue weighted by molar-refractivity contribution is -1.17. The molecule has 0 aromatic rings. The lowest BCUT2D eigenvalue weighted by Crippen LogP contribution is -3.80. The van der Waals surface area contributed by atoms with Crippen molar-refractivity contribution in [2.24, 2.45) is 429 Å². The monoisotopic (exact) mass is 1290 g/mol. The fourth-order valence-electron chi connectivity index (χ4n) is 133. The highest BCUT2D eigenvalue weighted by Gasteiger charge is 3.91. The molecule has 104 heavy (non-hydrogen) atoms. The molecule has 84 fully saturated rings. The molecule has 84 aliphatic carbocycles. The van der Waals surface area contributed by atoms with Crippen LogP contribution in [0.1, 0.15) is 25.7 Å². The van der Waals surface area contributed by atoms with E-state index in [-0.39, 0.29) is 0 Å². The predicted molar refractivity (Wildman–Crippen MR) is 317 cm³/mol. The topological polar surface area (TPSA) is 0 Å². The molecule has 84 aliphatic rings. The summed E-state index contributed by atoms with van der Waals surface area (Å²) in [5, 5.41) is 0. The lowest BCUT2D eigenvalue weighted by Gasteiger charge is -3.84. The van der Waals surface area contributed by atoms with E-state index in [0.29, 0.717) is 0 Å². The number of rotatable bonds is 0. The molecule has 100 atom stereocenters. The van der Waals surface area contributed by atoms with Crippen molar-refractivity contribution in [3.63, 3.8) is 0 Å². The molecule has 0 bridgehead atoms. The summed E-state index contributed by atoms with van der Waals surface area (Å²) in [7, 11) is 0. The third-order valence-corrected chi connectivity index (χ3v) is 99.1. The molecule has 0 amide bonds. The van der Waals surface area contributed by atoms with Gasteiger partial charge in [0.1, 0.15) is 0 Å². The number of fused-ring (bicyclic) bond motifs is 24. The van der Waals surface area contributed by atoms with Crippen molar-refractivity contribution in [1.29, 1.82) is 0 Å². The third-order valence-electron chi connectivity index (χ3n) is 99.1. The van der Waals surface area contributed by atoms with E-state index in [9.17, 15) is 0 Å². The van der Waals surface area contributed by atoms with Crippen LogP contribution in [0.2, 0.25) is 0 Å². The second-order valence-corrected chi connectivity index (χ2v) is 71.0. The van der Waals surface area contributed by atoms with Crippen LogP contribution in [0.4, 0.5) is 0 Å². The van der Waals surface area contributed by atoms with Gasteiger partial charge in [0.25, 0.3) is 0 Å². The van der Waals surface area contributed by atoms with Crippen LogP contribution >= 0.6 is 0 Å². The van der Waals surface area contributed by atoms with E-state index in [4.69, 9.17) is 0 Å². The molecule has 0 radical (unpaired) electrons. The van der Waals surface area contributed by atoms with Crippen molar-refractivity contribution in [2.45, 2.75) is 25.7 Å². The highest BCUT2D eigenvalue weighted by atomic mass is 15.9. The summed E-state index contributed by atoms with van der Waals surface area (Å²) in [5.41, 5.74) is 76.3. The predicted octanol–water partition coefficient (Wildman–Crippen LogP) is 7.69. The summed E-state index contributed by atoms with van der Waals surface area (Å²) in [6, 6.07) is 0. The minimum absolute atomic E-state index is 1.07. The molecule has 0 aromatic carbocycles. The second-order valence-electron chi connectivity index (χ2n) is 71.0. The van der Waals surface area contributed by atoms with Gasteiger partial charge >= 0.3 is 0 Å². The smallest absolute Gasteiger partial charge is 0.000000403 e. The molecule has 0 aromatic heterocycles. The van der Waals surface area contributed by atoms with Gasteiger partial charge in [-0.2, -0.15) is 0 Å². The van der Waals surface area contributed by atoms with Crippen molar-refractivity contribution in [3.8, 4) is 0 Å². The molecule has 0 saturated heterocycles. The van der Waals surface area contributed by atoms with E-state index >= 15 is 0 Å². The Labute approximate surface area is 580 Å². The first kappa shape index (κ1) is 31.6. The SMILES string of the molecule is C1C2C3C4C5C6C7C8C9C%10CC%11C%12C%13C%14C%15C%16C%17C%18CC%19C%20C%21C%22C%23C%24C%25C%26C%27CC%28C1C1%29C%30C2C32C43C54C65C76C87C98C%11%10C%129C%13%10C%14%11C%15%12C%16%13C%17%14C%18%19C%20%15C%21%16C%22%17C%23%18C%24%19C%25%20C%26%21C%27C%22C%28%23C%24C1C1%25C%24%26C%23%24C%22%21C%20%21C%19%20C%18%19C%17%18C%16%17C%14%15C%13%14C%12%13C%11%12C%10%11C98C78C67C56C45C34C%302C%291C41C%252C%263C%24%21C%204C%199C%18%10C%14%17C%13%14C%12%13C%118C78C67C51C21C34C92C%14%10C%138C712. The average Bonchev–Trinajstić information content (AvgIpc) is 0.390. The molecular weight excluding hydrogens is 1250 g/mol. The lowest BCUT2D eigenvalue weighted by atomic mass is 8.17. The zero-order valence-electron chi connectivity index (χ0n) is 55.5. The summed E-state index contributed by atoms with van der Waals surface area (Å²) in [5.74, 6) is 49.5. The molecule has 0 heterocycles. The third kappa shape index (κ3) is 0.551. The zero-order chi connectivity index (χ0) is 55.5. The largest absolute Gasteiger partial charge is 0.0461 e. The molecule has 66 spiro atoms. The van der Waals surface area contributed by atoms with Crippen LogP contribution in [-0.2, 0) is 0 Å². The zero-order valence-corrected chi connectivity index (χ0v) is 55.5. The van der Waals surface area contributed by atoms with E-state index < -0.39 is 0 Å². The van der Waals surface area contributed by atoms with Crippen LogP contribution in [0.3, 0.4) is 0 Å². The van der Waals surface area contributed by atoms with Gasteiger partial charge in [0, 0.05) is 0 Å². The van der Waals surface area contributed by atoms with E-state index in [1.807, 2.05) is 12.8 Å². The van der Waals surface area contributed by atoms with Gasteiger partial charge in [0.2, 0.25) is 0 Å². The molecule has 84 saturated carbocycles. The Bertz CT molecular complexity index is 8490. The minimum Gasteiger partial charge on any atom is -0.0461 e. The van der Waals surface area contributed by atoms with Crippen LogP contribution in [-0.4, -0.2) is 0 Å². The highest BCUT2D eigenvalue weighted by molar-refractivity contribution is 6.92. The molecule has 0 nitrogen and oxygen atoms in total. The normalized spacial score (nSPS) is 158. The highest BCUT2D eigenvalue weighted by Crippen LogP contribution is 3.96. The molecule has 0 aliphatic heterocycles. The standard InChI is InChI=1S/C104H42/c1-5-13-21-27-33-31-25-19-11-3-9-17-23-29-30-24-18-10-4-12-20-26-32-34-28-22-14-6-2-8-7(1)39-35-15(5)43(13)49(21)55(27)61(33)59(31)53(25)47(19)41(9,11)45(17)51(23)57(29)58(30)52(24)46(18)42(10,12)48(20)54(26)60(32)62(34)56(28)50(22)44(14)16(6)36-40(8)38-37(39)65-66(38)68(40)64(36,44)72(50)78(56)84(62)82(60)76(54)70(46,48)74(52)80(58)79(57)73(51)69(45,47)75(53)81(59)83(61)77(55)71(49)63(35,43)67(39,65)87(71)85(65)86(66)88(68,72)92(78)98(84)96(82)90(74,76)94(80)93(79)89(73,75)95(81)97(83)91(77,87)99(85)100(86,92)104(98)102(94,96)101(93,95)103(97,99)104/h5-38H,1-4H2. The van der Waals surface area contributed by atoms with Crippen LogP contribution in [0, 0.1) is 559 Å². The molecule has 458 valence electrons. The Morgan fingerprint density at radius 3 is 0.635 bits per heavy atom. The fourth-order valence-corrected chi connectivity index (χ4v) is 133. The molecule has 84 rings (SSSR count). The van der Waals surface area contributed by atoms with Crippen LogP contribution < -0.4 is 0 Å². The van der Waals surface area contributed by atoms with E-state index in [1.54, 1.807) is 0 Å². The Morgan fingerprint density at radius 1 is 0.115 bits per heavy atom. The van der Waals surface area contributed by atoms with E-state index in [2.05, 4.69) is 12.8 Å². The quantitative estimate of drug-likeness (QED) is 0.234. The van der Waals surface area contributed by atoms with Crippen LogP contribution in [0.25, 0.3) is 0 Å². The van der Waals surface area contributed by atoms with Gasteiger partial charge in [0.15, 0.2) is 0 Å². The summed E-state index contributed by atoms with van der Waals surface area (Å²) in [6.07, 6.45) is 8.03.